The molecule has 1 aromatic carbocycles. The zero-order valence-corrected chi connectivity index (χ0v) is 12.6. The first-order valence-corrected chi connectivity index (χ1v) is 8.14. The van der Waals surface area contributed by atoms with Crippen LogP contribution in [0, 0.1) is 19.8 Å². The normalized spacial score (nSPS) is 21.5. The fourth-order valence-corrected chi connectivity index (χ4v) is 4.64. The van der Waals surface area contributed by atoms with E-state index in [4.69, 9.17) is 5.73 Å². The van der Waals surface area contributed by atoms with Crippen LogP contribution in [0.3, 0.4) is 0 Å². The second-order valence-electron chi connectivity index (χ2n) is 5.54. The lowest BCUT2D eigenvalue weighted by atomic mass is 10.0. The van der Waals surface area contributed by atoms with E-state index in [1.54, 1.807) is 10.4 Å². The molecule has 1 unspecified atom stereocenters. The highest BCUT2D eigenvalue weighted by Crippen LogP contribution is 2.30. The molecule has 1 saturated heterocycles. The minimum absolute atomic E-state index is 0.293. The Morgan fingerprint density at radius 1 is 1.32 bits per heavy atom. The summed E-state index contributed by atoms with van der Waals surface area (Å²) >= 11 is 0. The largest absolute Gasteiger partial charge is 0.398 e. The molecule has 0 bridgehead atoms. The Balaban J connectivity index is 2.48. The van der Waals surface area contributed by atoms with Crippen LogP contribution in [0.2, 0.25) is 0 Å². The molecule has 0 amide bonds. The number of benzene rings is 1. The van der Waals surface area contributed by atoms with Gasteiger partial charge in [0.2, 0.25) is 10.0 Å². The number of anilines is 1. The van der Waals surface area contributed by atoms with Crippen molar-refractivity contribution in [3.63, 3.8) is 0 Å². The molecule has 19 heavy (non-hydrogen) atoms. The van der Waals surface area contributed by atoms with E-state index >= 15 is 0 Å². The zero-order valence-electron chi connectivity index (χ0n) is 11.8. The molecule has 2 rings (SSSR count). The summed E-state index contributed by atoms with van der Waals surface area (Å²) in [5, 5.41) is 0. The lowest BCUT2D eigenvalue weighted by Crippen LogP contribution is -2.39. The van der Waals surface area contributed by atoms with Crippen LogP contribution in [0.1, 0.15) is 30.9 Å². The lowest BCUT2D eigenvalue weighted by Gasteiger charge is -2.31. The van der Waals surface area contributed by atoms with Crippen LogP contribution >= 0.6 is 0 Å². The molecule has 1 aliphatic rings. The summed E-state index contributed by atoms with van der Waals surface area (Å²) < 4.78 is 27.1. The summed E-state index contributed by atoms with van der Waals surface area (Å²) in [6, 6.07) is 3.55. The van der Waals surface area contributed by atoms with E-state index in [0.29, 0.717) is 29.6 Å². The number of hydrogen-bond acceptors (Lipinski definition) is 3. The molecule has 0 radical (unpaired) electrons. The molecule has 0 saturated carbocycles. The van der Waals surface area contributed by atoms with Crippen molar-refractivity contribution in [1.29, 1.82) is 0 Å². The highest BCUT2D eigenvalue weighted by atomic mass is 32.2. The number of hydrogen-bond donors (Lipinski definition) is 1. The van der Waals surface area contributed by atoms with Gasteiger partial charge in [-0.05, 0) is 49.8 Å². The molecule has 0 spiro atoms. The fraction of sp³-hybridized carbons (Fsp3) is 0.571. The fourth-order valence-electron chi connectivity index (χ4n) is 2.65. The molecule has 1 aliphatic heterocycles. The van der Waals surface area contributed by atoms with Crippen molar-refractivity contribution in [2.24, 2.45) is 5.92 Å². The Hall–Kier alpha value is -1.07. The van der Waals surface area contributed by atoms with Gasteiger partial charge in [-0.2, -0.15) is 4.31 Å². The van der Waals surface area contributed by atoms with E-state index in [2.05, 4.69) is 6.92 Å². The molecule has 1 heterocycles. The highest BCUT2D eigenvalue weighted by molar-refractivity contribution is 7.89. The molecule has 0 aliphatic carbocycles. The second kappa shape index (κ2) is 5.13. The third-order valence-corrected chi connectivity index (χ3v) is 5.99. The number of nitrogens with zero attached hydrogens (tertiary/aromatic N) is 1. The second-order valence-corrected chi connectivity index (χ2v) is 7.41. The molecule has 0 aromatic heterocycles. The van der Waals surface area contributed by atoms with E-state index < -0.39 is 10.0 Å². The van der Waals surface area contributed by atoms with Gasteiger partial charge >= 0.3 is 0 Å². The molecule has 5 heteroatoms. The summed E-state index contributed by atoms with van der Waals surface area (Å²) in [5.74, 6) is 0.412. The van der Waals surface area contributed by atoms with E-state index in [0.717, 1.165) is 24.0 Å². The molecular weight excluding hydrogens is 260 g/mol. The predicted octanol–water partition coefficient (Wildman–Crippen LogP) is 2.31. The van der Waals surface area contributed by atoms with Crippen molar-refractivity contribution in [2.75, 3.05) is 18.8 Å². The van der Waals surface area contributed by atoms with Crippen LogP contribution in [0.15, 0.2) is 17.0 Å². The van der Waals surface area contributed by atoms with E-state index in [1.165, 1.54) is 0 Å². The Morgan fingerprint density at radius 3 is 2.63 bits per heavy atom. The standard InChI is InChI=1S/C14H22N2O2S/c1-10-5-4-8-16(9-10)19(17,18)14-12(3)11(2)6-7-13(14)15/h6-7,10H,4-5,8-9,15H2,1-3H3. The Kier molecular flexibility index (Phi) is 3.87. The number of rotatable bonds is 2. The summed E-state index contributed by atoms with van der Waals surface area (Å²) in [6.45, 7) is 7.02. The molecule has 106 valence electrons. The third-order valence-electron chi connectivity index (χ3n) is 3.92. The topological polar surface area (TPSA) is 63.4 Å². The lowest BCUT2D eigenvalue weighted by molar-refractivity contribution is 0.281. The van der Waals surface area contributed by atoms with Gasteiger partial charge in [-0.25, -0.2) is 8.42 Å². The van der Waals surface area contributed by atoms with Gasteiger partial charge in [0.1, 0.15) is 4.90 Å². The molecular formula is C14H22N2O2S. The van der Waals surface area contributed by atoms with Crippen molar-refractivity contribution in [3.8, 4) is 0 Å². The molecule has 1 aromatic rings. The average Bonchev–Trinajstić information content (AvgIpc) is 2.34. The van der Waals surface area contributed by atoms with Crippen molar-refractivity contribution >= 4 is 15.7 Å². The molecule has 1 atom stereocenters. The first kappa shape index (κ1) is 14.3. The SMILES string of the molecule is Cc1ccc(N)c(S(=O)(=O)N2CCCC(C)C2)c1C. The first-order valence-electron chi connectivity index (χ1n) is 6.70. The number of sulfonamides is 1. The van der Waals surface area contributed by atoms with Gasteiger partial charge in [0.15, 0.2) is 0 Å². The number of piperidine rings is 1. The Bertz CT molecular complexity index is 581. The van der Waals surface area contributed by atoms with Gasteiger partial charge < -0.3 is 5.73 Å². The van der Waals surface area contributed by atoms with Crippen molar-refractivity contribution < 1.29 is 8.42 Å². The van der Waals surface area contributed by atoms with E-state index in [-0.39, 0.29) is 0 Å². The maximum Gasteiger partial charge on any atom is 0.245 e. The predicted molar refractivity (Wildman–Crippen MR) is 77.5 cm³/mol. The van der Waals surface area contributed by atoms with E-state index in [9.17, 15) is 8.42 Å². The summed E-state index contributed by atoms with van der Waals surface area (Å²) in [4.78, 5) is 0.293. The quantitative estimate of drug-likeness (QED) is 0.847. The van der Waals surface area contributed by atoms with Gasteiger partial charge in [0, 0.05) is 13.1 Å². The number of nitrogen functional groups attached to an aromatic ring is 1. The number of aryl methyl sites for hydroxylation is 1. The maximum absolute atomic E-state index is 12.8. The summed E-state index contributed by atoms with van der Waals surface area (Å²) in [7, 11) is -3.47. The maximum atomic E-state index is 12.8. The molecule has 1 fully saturated rings. The van der Waals surface area contributed by atoms with Crippen LogP contribution in [0.5, 0.6) is 0 Å². The van der Waals surface area contributed by atoms with Crippen LogP contribution < -0.4 is 5.73 Å². The highest BCUT2D eigenvalue weighted by Gasteiger charge is 2.31. The van der Waals surface area contributed by atoms with E-state index in [1.807, 2.05) is 19.9 Å². The van der Waals surface area contributed by atoms with Crippen molar-refractivity contribution in [1.82, 2.24) is 4.31 Å². The molecule has 2 N–H and O–H groups in total. The minimum atomic E-state index is -3.47. The van der Waals surface area contributed by atoms with Gasteiger partial charge in [-0.3, -0.25) is 0 Å². The van der Waals surface area contributed by atoms with Crippen molar-refractivity contribution in [2.45, 2.75) is 38.5 Å². The summed E-state index contributed by atoms with van der Waals surface area (Å²) in [5.41, 5.74) is 7.98. The van der Waals surface area contributed by atoms with Crippen LogP contribution in [-0.2, 0) is 10.0 Å². The minimum Gasteiger partial charge on any atom is -0.398 e. The molecule has 4 nitrogen and oxygen atoms in total. The van der Waals surface area contributed by atoms with Crippen LogP contribution in [0.4, 0.5) is 5.69 Å². The van der Waals surface area contributed by atoms with Gasteiger partial charge in [0.25, 0.3) is 0 Å². The van der Waals surface area contributed by atoms with Crippen LogP contribution in [0.25, 0.3) is 0 Å². The van der Waals surface area contributed by atoms with Crippen molar-refractivity contribution in [3.05, 3.63) is 23.3 Å². The monoisotopic (exact) mass is 282 g/mol. The van der Waals surface area contributed by atoms with Crippen LogP contribution in [-0.4, -0.2) is 25.8 Å². The average molecular weight is 282 g/mol. The smallest absolute Gasteiger partial charge is 0.245 e. The first-order chi connectivity index (χ1) is 8.84. The van der Waals surface area contributed by atoms with Gasteiger partial charge in [0.05, 0.1) is 5.69 Å². The number of nitrogens with two attached hydrogens (primary N) is 1. The Morgan fingerprint density at radius 2 is 2.00 bits per heavy atom. The third kappa shape index (κ3) is 2.62. The van der Waals surface area contributed by atoms with Gasteiger partial charge in [-0.15, -0.1) is 0 Å². The Labute approximate surface area is 115 Å². The zero-order chi connectivity index (χ0) is 14.2. The summed E-state index contributed by atoms with van der Waals surface area (Å²) in [6.07, 6.45) is 2.01. The van der Waals surface area contributed by atoms with Gasteiger partial charge in [-0.1, -0.05) is 13.0 Å².